The zero-order valence-corrected chi connectivity index (χ0v) is 10.1. The molecule has 1 N–H and O–H groups in total. The predicted molar refractivity (Wildman–Crippen MR) is 64.1 cm³/mol. The van der Waals surface area contributed by atoms with Gasteiger partial charge in [-0.25, -0.2) is 0 Å². The largest absolute Gasteiger partial charge is 0.481 e. The second kappa shape index (κ2) is 4.32. The summed E-state index contributed by atoms with van der Waals surface area (Å²) in [6, 6.07) is 5.45. The van der Waals surface area contributed by atoms with Gasteiger partial charge in [0.15, 0.2) is 5.78 Å². The van der Waals surface area contributed by atoms with E-state index in [4.69, 9.17) is 5.11 Å². The minimum Gasteiger partial charge on any atom is -0.481 e. The number of hydrogen-bond acceptors (Lipinski definition) is 2. The molecule has 17 heavy (non-hydrogen) atoms. The number of carbonyl (C=O) groups is 2. The van der Waals surface area contributed by atoms with Crippen molar-refractivity contribution in [3.8, 4) is 0 Å². The summed E-state index contributed by atoms with van der Waals surface area (Å²) >= 11 is 0. The molecule has 1 aliphatic rings. The number of Topliss-reactive ketones (excluding diaryl/α,β-unsaturated/α-hetero) is 1. The molecule has 1 aliphatic carbocycles. The highest BCUT2D eigenvalue weighted by Gasteiger charge is 2.32. The molecule has 0 radical (unpaired) electrons. The first kappa shape index (κ1) is 11.8. The van der Waals surface area contributed by atoms with Crippen molar-refractivity contribution in [3.05, 3.63) is 34.9 Å². The lowest BCUT2D eigenvalue weighted by molar-refractivity contribution is -0.136. The van der Waals surface area contributed by atoms with Gasteiger partial charge in [-0.2, -0.15) is 0 Å². The average Bonchev–Trinajstić information content (AvgIpc) is 2.56. The van der Waals surface area contributed by atoms with E-state index in [1.54, 1.807) is 6.07 Å². The van der Waals surface area contributed by atoms with Crippen molar-refractivity contribution in [2.24, 2.45) is 11.8 Å². The summed E-state index contributed by atoms with van der Waals surface area (Å²) in [6.45, 7) is 4.10. The molecule has 3 heteroatoms. The van der Waals surface area contributed by atoms with Gasteiger partial charge in [0.1, 0.15) is 0 Å². The summed E-state index contributed by atoms with van der Waals surface area (Å²) in [5.74, 6) is -0.305. The lowest BCUT2D eigenvalue weighted by atomic mass is 9.92. The Bertz CT molecular complexity index is 474. The number of carboxylic acid groups (broad SMARTS) is 1. The Hall–Kier alpha value is -1.64. The van der Waals surface area contributed by atoms with E-state index in [1.807, 2.05) is 26.0 Å². The van der Waals surface area contributed by atoms with E-state index in [9.17, 15) is 9.59 Å². The van der Waals surface area contributed by atoms with Crippen molar-refractivity contribution in [3.63, 3.8) is 0 Å². The summed E-state index contributed by atoms with van der Waals surface area (Å²) in [4.78, 5) is 22.8. The smallest absolute Gasteiger partial charge is 0.307 e. The number of rotatable bonds is 3. The van der Waals surface area contributed by atoms with Crippen LogP contribution in [0.15, 0.2) is 18.2 Å². The van der Waals surface area contributed by atoms with E-state index in [1.165, 1.54) is 0 Å². The first-order valence-electron chi connectivity index (χ1n) is 5.87. The Labute approximate surface area is 100 Å². The van der Waals surface area contributed by atoms with Crippen LogP contribution in [0.3, 0.4) is 0 Å². The van der Waals surface area contributed by atoms with Crippen LogP contribution < -0.4 is 0 Å². The summed E-state index contributed by atoms with van der Waals surface area (Å²) in [5.41, 5.74) is 2.49. The van der Waals surface area contributed by atoms with Gasteiger partial charge in [-0.15, -0.1) is 0 Å². The van der Waals surface area contributed by atoms with Crippen LogP contribution in [-0.2, 0) is 17.6 Å². The SMILES string of the molecule is CC(C)C1Cc2ccc(CC(=O)O)cc2C1=O. The maximum absolute atomic E-state index is 12.1. The fraction of sp³-hybridized carbons (Fsp3) is 0.429. The molecule has 0 aromatic heterocycles. The maximum Gasteiger partial charge on any atom is 0.307 e. The van der Waals surface area contributed by atoms with Gasteiger partial charge in [0, 0.05) is 11.5 Å². The number of carbonyl (C=O) groups excluding carboxylic acids is 1. The zero-order valence-electron chi connectivity index (χ0n) is 10.1. The van der Waals surface area contributed by atoms with Gasteiger partial charge >= 0.3 is 5.97 Å². The van der Waals surface area contributed by atoms with Gasteiger partial charge < -0.3 is 5.11 Å². The van der Waals surface area contributed by atoms with E-state index in [0.29, 0.717) is 11.5 Å². The van der Waals surface area contributed by atoms with E-state index in [0.717, 1.165) is 17.5 Å². The minimum absolute atomic E-state index is 0.0209. The first-order chi connectivity index (χ1) is 7.99. The van der Waals surface area contributed by atoms with Crippen molar-refractivity contribution < 1.29 is 14.7 Å². The molecular formula is C14H16O3. The molecule has 3 nitrogen and oxygen atoms in total. The molecular weight excluding hydrogens is 216 g/mol. The Morgan fingerprint density at radius 3 is 2.76 bits per heavy atom. The first-order valence-corrected chi connectivity index (χ1v) is 5.87. The average molecular weight is 232 g/mol. The third-order valence-corrected chi connectivity index (χ3v) is 3.38. The molecule has 1 atom stereocenters. The van der Waals surface area contributed by atoms with Gasteiger partial charge in [-0.05, 0) is 29.5 Å². The molecule has 0 saturated carbocycles. The number of aliphatic carboxylic acids is 1. The van der Waals surface area contributed by atoms with Gasteiger partial charge in [-0.3, -0.25) is 9.59 Å². The third kappa shape index (κ3) is 2.23. The highest BCUT2D eigenvalue weighted by molar-refractivity contribution is 6.02. The topological polar surface area (TPSA) is 54.4 Å². The van der Waals surface area contributed by atoms with Crippen molar-refractivity contribution in [1.82, 2.24) is 0 Å². The summed E-state index contributed by atoms with van der Waals surface area (Å²) < 4.78 is 0. The maximum atomic E-state index is 12.1. The third-order valence-electron chi connectivity index (χ3n) is 3.38. The monoisotopic (exact) mass is 232 g/mol. The summed E-state index contributed by atoms with van der Waals surface area (Å²) in [6.07, 6.45) is 0.770. The summed E-state index contributed by atoms with van der Waals surface area (Å²) in [5, 5.41) is 8.74. The molecule has 1 unspecified atom stereocenters. The Morgan fingerprint density at radius 2 is 2.18 bits per heavy atom. The highest BCUT2D eigenvalue weighted by atomic mass is 16.4. The van der Waals surface area contributed by atoms with Crippen LogP contribution in [-0.4, -0.2) is 16.9 Å². The number of hydrogen-bond donors (Lipinski definition) is 1. The Balaban J connectivity index is 2.31. The molecule has 0 bridgehead atoms. The van der Waals surface area contributed by atoms with Gasteiger partial charge in [0.2, 0.25) is 0 Å². The zero-order chi connectivity index (χ0) is 12.6. The van der Waals surface area contributed by atoms with Crippen molar-refractivity contribution in [1.29, 1.82) is 0 Å². The van der Waals surface area contributed by atoms with Crippen molar-refractivity contribution >= 4 is 11.8 Å². The molecule has 0 saturated heterocycles. The fourth-order valence-corrected chi connectivity index (χ4v) is 2.38. The number of ketones is 1. The second-order valence-electron chi connectivity index (χ2n) is 4.98. The Kier molecular flexibility index (Phi) is 3.01. The standard InChI is InChI=1S/C14H16O3/c1-8(2)11-7-10-4-3-9(6-13(15)16)5-12(10)14(11)17/h3-5,8,11H,6-7H2,1-2H3,(H,15,16). The van der Waals surface area contributed by atoms with E-state index in [-0.39, 0.29) is 18.1 Å². The number of fused-ring (bicyclic) bond motifs is 1. The van der Waals surface area contributed by atoms with Crippen molar-refractivity contribution in [2.75, 3.05) is 0 Å². The summed E-state index contributed by atoms with van der Waals surface area (Å²) in [7, 11) is 0. The molecule has 2 rings (SSSR count). The van der Waals surface area contributed by atoms with Crippen molar-refractivity contribution in [2.45, 2.75) is 26.7 Å². The fourth-order valence-electron chi connectivity index (χ4n) is 2.38. The molecule has 0 amide bonds. The van der Waals surface area contributed by atoms with Crippen LogP contribution in [0.1, 0.15) is 35.3 Å². The number of carboxylic acids is 1. The van der Waals surface area contributed by atoms with Gasteiger partial charge in [-0.1, -0.05) is 26.0 Å². The van der Waals surface area contributed by atoms with Crippen LogP contribution in [0, 0.1) is 11.8 Å². The quantitative estimate of drug-likeness (QED) is 0.870. The van der Waals surface area contributed by atoms with Gasteiger partial charge in [0.05, 0.1) is 6.42 Å². The normalized spacial score (nSPS) is 18.5. The molecule has 1 aromatic carbocycles. The van der Waals surface area contributed by atoms with Crippen LogP contribution in [0.25, 0.3) is 0 Å². The molecule has 0 aliphatic heterocycles. The molecule has 90 valence electrons. The van der Waals surface area contributed by atoms with Crippen LogP contribution in [0.5, 0.6) is 0 Å². The van der Waals surface area contributed by atoms with Crippen LogP contribution in [0.2, 0.25) is 0 Å². The molecule has 0 fully saturated rings. The number of benzene rings is 1. The predicted octanol–water partition coefficient (Wildman–Crippen LogP) is 2.32. The van der Waals surface area contributed by atoms with E-state index >= 15 is 0 Å². The van der Waals surface area contributed by atoms with Crippen LogP contribution in [0.4, 0.5) is 0 Å². The molecule has 1 aromatic rings. The molecule has 0 heterocycles. The van der Waals surface area contributed by atoms with E-state index in [2.05, 4.69) is 0 Å². The highest BCUT2D eigenvalue weighted by Crippen LogP contribution is 2.32. The minimum atomic E-state index is -0.865. The lowest BCUT2D eigenvalue weighted by Gasteiger charge is -2.10. The Morgan fingerprint density at radius 1 is 1.47 bits per heavy atom. The lowest BCUT2D eigenvalue weighted by Crippen LogP contribution is -2.15. The van der Waals surface area contributed by atoms with Gasteiger partial charge in [0.25, 0.3) is 0 Å². The van der Waals surface area contributed by atoms with Crippen LogP contribution >= 0.6 is 0 Å². The van der Waals surface area contributed by atoms with E-state index < -0.39 is 5.97 Å². The second-order valence-corrected chi connectivity index (χ2v) is 4.98. The molecule has 0 spiro atoms.